The maximum Gasteiger partial charge on any atom is 0.416 e. The Morgan fingerprint density at radius 1 is 0.851 bits per heavy atom. The lowest BCUT2D eigenvalue weighted by molar-refractivity contribution is -0.140. The highest BCUT2D eigenvalue weighted by Gasteiger charge is 2.36. The molecule has 47 heavy (non-hydrogen) atoms. The van der Waals surface area contributed by atoms with Crippen molar-refractivity contribution in [2.75, 3.05) is 24.5 Å². The Labute approximate surface area is 272 Å². The maximum atomic E-state index is 14.4. The predicted molar refractivity (Wildman–Crippen MR) is 173 cm³/mol. The summed E-state index contributed by atoms with van der Waals surface area (Å²) in [4.78, 5) is 29.2. The van der Waals surface area contributed by atoms with Crippen LogP contribution in [0.1, 0.15) is 30.0 Å². The average Bonchev–Trinajstić information content (AvgIpc) is 3.08. The third-order valence-electron chi connectivity index (χ3n) is 7.38. The zero-order chi connectivity index (χ0) is 34.0. The minimum absolute atomic E-state index is 0.0983. The number of ether oxygens (including phenoxy) is 1. The van der Waals surface area contributed by atoms with Gasteiger partial charge in [-0.05, 0) is 60.0 Å². The number of nitrogens with zero attached hydrogens (tertiary/aromatic N) is 2. The number of sulfonamides is 1. The van der Waals surface area contributed by atoms with Gasteiger partial charge in [-0.2, -0.15) is 13.2 Å². The fraction of sp³-hybridized carbons (Fsp3) is 0.257. The molecule has 4 aromatic carbocycles. The topological polar surface area (TPSA) is 96.0 Å². The van der Waals surface area contributed by atoms with E-state index in [2.05, 4.69) is 5.32 Å². The molecule has 4 rings (SSSR count). The summed E-state index contributed by atoms with van der Waals surface area (Å²) in [6.07, 6.45) is -4.04. The lowest BCUT2D eigenvalue weighted by Crippen LogP contribution is -2.53. The third kappa shape index (κ3) is 9.13. The molecule has 1 N–H and O–H groups in total. The first-order chi connectivity index (χ1) is 22.4. The summed E-state index contributed by atoms with van der Waals surface area (Å²) in [7, 11) is -3.06. The van der Waals surface area contributed by atoms with Crippen LogP contribution in [0.4, 0.5) is 18.9 Å². The fourth-order valence-electron chi connectivity index (χ4n) is 4.97. The van der Waals surface area contributed by atoms with Crippen LogP contribution in [-0.2, 0) is 38.8 Å². The smallest absolute Gasteiger partial charge is 0.416 e. The van der Waals surface area contributed by atoms with Crippen LogP contribution in [0, 0.1) is 0 Å². The Balaban J connectivity index is 1.84. The number of carbonyl (C=O) groups is 2. The van der Waals surface area contributed by atoms with Crippen LogP contribution < -0.4 is 14.4 Å². The number of halogens is 3. The van der Waals surface area contributed by atoms with Gasteiger partial charge in [0, 0.05) is 19.5 Å². The molecule has 1 atom stereocenters. The van der Waals surface area contributed by atoms with Crippen LogP contribution in [0.15, 0.2) is 114 Å². The first-order valence-electron chi connectivity index (χ1n) is 14.9. The monoisotopic (exact) mass is 667 g/mol. The van der Waals surface area contributed by atoms with Gasteiger partial charge in [-0.25, -0.2) is 8.42 Å². The summed E-state index contributed by atoms with van der Waals surface area (Å²) in [5, 5.41) is 2.85. The summed E-state index contributed by atoms with van der Waals surface area (Å²) in [5.74, 6) is -0.747. The zero-order valence-electron chi connectivity index (χ0n) is 26.0. The molecule has 0 radical (unpaired) electrons. The molecule has 0 saturated heterocycles. The molecule has 0 aromatic heterocycles. The first-order valence-corrected chi connectivity index (χ1v) is 16.4. The molecular weight excluding hydrogens is 631 g/mol. The summed E-state index contributed by atoms with van der Waals surface area (Å²) < 4.78 is 75.3. The van der Waals surface area contributed by atoms with Gasteiger partial charge < -0.3 is 15.0 Å². The Morgan fingerprint density at radius 3 is 2.13 bits per heavy atom. The maximum absolute atomic E-state index is 14.4. The molecular formula is C35H36F3N3O5S. The van der Waals surface area contributed by atoms with Crippen molar-refractivity contribution in [2.45, 2.75) is 43.4 Å². The number of rotatable bonds is 14. The number of anilines is 1. The van der Waals surface area contributed by atoms with Gasteiger partial charge >= 0.3 is 6.18 Å². The highest BCUT2D eigenvalue weighted by molar-refractivity contribution is 7.92. The van der Waals surface area contributed by atoms with Crippen LogP contribution in [0.3, 0.4) is 0 Å². The van der Waals surface area contributed by atoms with Crippen LogP contribution in [0.25, 0.3) is 0 Å². The van der Waals surface area contributed by atoms with Gasteiger partial charge in [0.25, 0.3) is 10.0 Å². The molecule has 0 aliphatic heterocycles. The summed E-state index contributed by atoms with van der Waals surface area (Å²) in [6.45, 7) is 1.22. The van der Waals surface area contributed by atoms with E-state index in [4.69, 9.17) is 4.74 Å². The largest absolute Gasteiger partial charge is 0.497 e. The van der Waals surface area contributed by atoms with Crippen molar-refractivity contribution in [3.8, 4) is 5.75 Å². The average molecular weight is 668 g/mol. The third-order valence-corrected chi connectivity index (χ3v) is 9.17. The van der Waals surface area contributed by atoms with E-state index in [9.17, 15) is 31.2 Å². The number of carbonyl (C=O) groups excluding carboxylic acids is 2. The molecule has 0 heterocycles. The second kappa shape index (κ2) is 15.6. The van der Waals surface area contributed by atoms with Crippen molar-refractivity contribution in [1.29, 1.82) is 0 Å². The molecule has 248 valence electrons. The van der Waals surface area contributed by atoms with E-state index in [1.807, 2.05) is 25.1 Å². The molecule has 0 saturated carbocycles. The minimum atomic E-state index is -4.77. The SMILES string of the molecule is CCCNC(=O)C(Cc1ccccc1)N(Cc1cccc(OC)c1)C(=O)CN(c1cccc(C(F)(F)F)c1)S(=O)(=O)c1ccccc1. The van der Waals surface area contributed by atoms with E-state index in [1.54, 1.807) is 42.5 Å². The van der Waals surface area contributed by atoms with Crippen molar-refractivity contribution in [1.82, 2.24) is 10.2 Å². The molecule has 1 unspecified atom stereocenters. The zero-order valence-corrected chi connectivity index (χ0v) is 26.8. The Morgan fingerprint density at radius 2 is 1.49 bits per heavy atom. The highest BCUT2D eigenvalue weighted by atomic mass is 32.2. The lowest BCUT2D eigenvalue weighted by Gasteiger charge is -2.34. The molecule has 0 fully saturated rings. The van der Waals surface area contributed by atoms with Gasteiger partial charge in [0.15, 0.2) is 0 Å². The van der Waals surface area contributed by atoms with E-state index in [1.165, 1.54) is 42.3 Å². The van der Waals surface area contributed by atoms with E-state index in [0.29, 0.717) is 34.7 Å². The molecule has 8 nitrogen and oxygen atoms in total. The van der Waals surface area contributed by atoms with E-state index in [0.717, 1.165) is 17.7 Å². The summed E-state index contributed by atoms with van der Waals surface area (Å²) >= 11 is 0. The molecule has 4 aromatic rings. The van der Waals surface area contributed by atoms with Crippen LogP contribution in [0.2, 0.25) is 0 Å². The Kier molecular flexibility index (Phi) is 11.7. The van der Waals surface area contributed by atoms with E-state index >= 15 is 0 Å². The molecule has 0 bridgehead atoms. The number of methoxy groups -OCH3 is 1. The van der Waals surface area contributed by atoms with Crippen molar-refractivity contribution in [3.63, 3.8) is 0 Å². The van der Waals surface area contributed by atoms with Gasteiger partial charge in [-0.1, -0.05) is 73.7 Å². The van der Waals surface area contributed by atoms with Crippen molar-refractivity contribution < 1.29 is 35.9 Å². The van der Waals surface area contributed by atoms with Crippen LogP contribution in [0.5, 0.6) is 5.75 Å². The standard InChI is InChI=1S/C35H36F3N3O5S/c1-3-20-39-34(43)32(22-26-12-6-4-7-13-26)40(24-27-14-10-17-30(21-27)46-2)33(42)25-41(47(44,45)31-18-8-5-9-19-31)29-16-11-15-28(23-29)35(36,37)38/h4-19,21,23,32H,3,20,22,24-25H2,1-2H3,(H,39,43). The number of benzene rings is 4. The van der Waals surface area contributed by atoms with E-state index in [-0.39, 0.29) is 23.5 Å². The minimum Gasteiger partial charge on any atom is -0.497 e. The van der Waals surface area contributed by atoms with Crippen molar-refractivity contribution in [3.05, 3.63) is 126 Å². The number of nitrogens with one attached hydrogen (secondary N) is 1. The number of hydrogen-bond acceptors (Lipinski definition) is 5. The van der Waals surface area contributed by atoms with Crippen molar-refractivity contribution in [2.24, 2.45) is 0 Å². The molecule has 0 spiro atoms. The first kappa shape index (κ1) is 35.0. The van der Waals surface area contributed by atoms with Crippen LogP contribution in [-0.4, -0.2) is 51.4 Å². The highest BCUT2D eigenvalue weighted by Crippen LogP contribution is 2.33. The summed E-state index contributed by atoms with van der Waals surface area (Å²) in [5.41, 5.74) is -0.0898. The van der Waals surface area contributed by atoms with Crippen LogP contribution >= 0.6 is 0 Å². The fourth-order valence-corrected chi connectivity index (χ4v) is 6.40. The normalized spacial score (nSPS) is 12.2. The van der Waals surface area contributed by atoms with Crippen molar-refractivity contribution >= 4 is 27.5 Å². The van der Waals surface area contributed by atoms with Gasteiger partial charge in [-0.3, -0.25) is 13.9 Å². The molecule has 0 aliphatic carbocycles. The second-order valence-corrected chi connectivity index (χ2v) is 12.6. The molecule has 0 aliphatic rings. The van der Waals surface area contributed by atoms with E-state index < -0.39 is 46.2 Å². The number of hydrogen-bond donors (Lipinski definition) is 1. The lowest BCUT2D eigenvalue weighted by atomic mass is 10.0. The quantitative estimate of drug-likeness (QED) is 0.176. The second-order valence-electron chi connectivity index (χ2n) is 10.7. The Hall–Kier alpha value is -4.84. The number of amides is 2. The Bertz CT molecular complexity index is 1750. The van der Waals surface area contributed by atoms with Gasteiger partial charge in [0.2, 0.25) is 11.8 Å². The summed E-state index contributed by atoms with van der Waals surface area (Å²) in [6, 6.07) is 25.7. The van der Waals surface area contributed by atoms with Gasteiger partial charge in [0.05, 0.1) is 23.3 Å². The van der Waals surface area contributed by atoms with Gasteiger partial charge in [0.1, 0.15) is 18.3 Å². The predicted octanol–water partition coefficient (Wildman–Crippen LogP) is 6.08. The molecule has 12 heteroatoms. The molecule has 2 amide bonds. The number of alkyl halides is 3. The van der Waals surface area contributed by atoms with Gasteiger partial charge in [-0.15, -0.1) is 0 Å².